The van der Waals surface area contributed by atoms with Gasteiger partial charge in [-0.15, -0.1) is 11.8 Å². The van der Waals surface area contributed by atoms with Crippen LogP contribution in [-0.2, 0) is 16.1 Å². The number of rotatable bonds is 11. The molecular formula is C31H27Cl2NO4S. The van der Waals surface area contributed by atoms with Crippen molar-refractivity contribution < 1.29 is 19.4 Å². The minimum absolute atomic E-state index is 0.0624. The van der Waals surface area contributed by atoms with Gasteiger partial charge in [0.25, 0.3) is 0 Å². The normalized spacial score (nSPS) is 10.9. The summed E-state index contributed by atoms with van der Waals surface area (Å²) in [7, 11) is 0. The third-order valence-corrected chi connectivity index (χ3v) is 7.64. The molecule has 4 aromatic carbocycles. The molecule has 0 saturated carbocycles. The number of thioether (sulfide) groups is 1. The number of nitrogens with zero attached hydrogens (tertiary/aromatic N) is 1. The lowest BCUT2D eigenvalue weighted by atomic mass is 9.96. The van der Waals surface area contributed by atoms with Crippen molar-refractivity contribution in [3.05, 3.63) is 129 Å². The van der Waals surface area contributed by atoms with Crippen LogP contribution in [0.2, 0.25) is 10.0 Å². The van der Waals surface area contributed by atoms with Gasteiger partial charge in [0.15, 0.2) is 6.61 Å². The van der Waals surface area contributed by atoms with Gasteiger partial charge >= 0.3 is 5.97 Å². The summed E-state index contributed by atoms with van der Waals surface area (Å²) in [6.07, 6.45) is 0. The second-order valence-electron chi connectivity index (χ2n) is 8.88. The molecule has 200 valence electrons. The van der Waals surface area contributed by atoms with E-state index in [-0.39, 0.29) is 17.7 Å². The predicted molar refractivity (Wildman–Crippen MR) is 157 cm³/mol. The highest BCUT2D eigenvalue weighted by molar-refractivity contribution is 8.00. The number of carbonyl (C=O) groups excluding carboxylic acids is 1. The number of amides is 1. The van der Waals surface area contributed by atoms with Gasteiger partial charge in [0.1, 0.15) is 5.75 Å². The molecule has 5 nitrogen and oxygen atoms in total. The summed E-state index contributed by atoms with van der Waals surface area (Å²) in [6, 6.07) is 30.3. The lowest BCUT2D eigenvalue weighted by Crippen LogP contribution is -2.36. The molecule has 0 radical (unpaired) electrons. The summed E-state index contributed by atoms with van der Waals surface area (Å²) in [5.74, 6) is -0.408. The standard InChI is InChI=1S/C31H27Cl2NO4S/c1-21-16-26(14-15-28(21)38-19-30(36)37)39-20-29(35)34(18-24-12-13-25(32)17-27(24)33)31(22-8-4-2-5-9-22)23-10-6-3-7-11-23/h2-17,31H,18-20H2,1H3,(H,36,37). The van der Waals surface area contributed by atoms with Gasteiger partial charge in [0.2, 0.25) is 5.91 Å². The van der Waals surface area contributed by atoms with Crippen LogP contribution in [0, 0.1) is 6.92 Å². The Kier molecular flexibility index (Phi) is 9.93. The fraction of sp³-hybridized carbons (Fsp3) is 0.161. The molecule has 0 unspecified atom stereocenters. The molecule has 8 heteroatoms. The molecule has 0 spiro atoms. The number of aryl methyl sites for hydroxylation is 1. The summed E-state index contributed by atoms with van der Waals surface area (Å²) in [5, 5.41) is 9.91. The highest BCUT2D eigenvalue weighted by Crippen LogP contribution is 2.34. The topological polar surface area (TPSA) is 66.8 Å². The van der Waals surface area contributed by atoms with Crippen molar-refractivity contribution in [3.63, 3.8) is 0 Å². The van der Waals surface area contributed by atoms with Crippen LogP contribution in [0.5, 0.6) is 5.75 Å². The molecule has 0 aliphatic carbocycles. The van der Waals surface area contributed by atoms with Crippen molar-refractivity contribution in [3.8, 4) is 5.75 Å². The van der Waals surface area contributed by atoms with Crippen molar-refractivity contribution in [2.45, 2.75) is 24.4 Å². The highest BCUT2D eigenvalue weighted by Gasteiger charge is 2.27. The van der Waals surface area contributed by atoms with E-state index in [1.165, 1.54) is 11.8 Å². The minimum Gasteiger partial charge on any atom is -0.482 e. The number of halogens is 2. The summed E-state index contributed by atoms with van der Waals surface area (Å²) in [6.45, 7) is 1.73. The number of carbonyl (C=O) groups is 2. The molecule has 39 heavy (non-hydrogen) atoms. The first-order valence-corrected chi connectivity index (χ1v) is 14.0. The Hall–Kier alpha value is -3.45. The monoisotopic (exact) mass is 579 g/mol. The Morgan fingerprint density at radius 2 is 1.54 bits per heavy atom. The van der Waals surface area contributed by atoms with Gasteiger partial charge in [-0.25, -0.2) is 4.79 Å². The summed E-state index contributed by atoms with van der Waals surface area (Å²) < 4.78 is 5.33. The lowest BCUT2D eigenvalue weighted by Gasteiger charge is -2.33. The van der Waals surface area contributed by atoms with E-state index in [2.05, 4.69) is 0 Å². The van der Waals surface area contributed by atoms with Gasteiger partial charge in [-0.3, -0.25) is 4.79 Å². The Bertz CT molecular complexity index is 1390. The Labute approximate surface area is 242 Å². The zero-order chi connectivity index (χ0) is 27.8. The smallest absolute Gasteiger partial charge is 0.341 e. The molecule has 4 aromatic rings. The fourth-order valence-corrected chi connectivity index (χ4v) is 5.57. The SMILES string of the molecule is Cc1cc(SCC(=O)N(Cc2ccc(Cl)cc2Cl)C(c2ccccc2)c2ccccc2)ccc1OCC(=O)O. The van der Waals surface area contributed by atoms with Gasteiger partial charge in [-0.05, 0) is 59.5 Å². The van der Waals surface area contributed by atoms with Crippen LogP contribution in [-0.4, -0.2) is 34.2 Å². The minimum atomic E-state index is -1.04. The van der Waals surface area contributed by atoms with Crippen molar-refractivity contribution >= 4 is 46.8 Å². The van der Waals surface area contributed by atoms with Gasteiger partial charge in [0, 0.05) is 21.5 Å². The molecular weight excluding hydrogens is 553 g/mol. The highest BCUT2D eigenvalue weighted by atomic mass is 35.5. The predicted octanol–water partition coefficient (Wildman–Crippen LogP) is 7.68. The van der Waals surface area contributed by atoms with Crippen molar-refractivity contribution in [2.24, 2.45) is 0 Å². The molecule has 0 saturated heterocycles. The third-order valence-electron chi connectivity index (χ3n) is 6.08. The van der Waals surface area contributed by atoms with Crippen LogP contribution in [0.3, 0.4) is 0 Å². The molecule has 0 aliphatic heterocycles. The van der Waals surface area contributed by atoms with Crippen LogP contribution in [0.4, 0.5) is 0 Å². The van der Waals surface area contributed by atoms with Gasteiger partial charge < -0.3 is 14.7 Å². The second kappa shape index (κ2) is 13.6. The summed E-state index contributed by atoms with van der Waals surface area (Å²) in [5.41, 5.74) is 3.57. The second-order valence-corrected chi connectivity index (χ2v) is 10.8. The lowest BCUT2D eigenvalue weighted by molar-refractivity contribution is -0.139. The quantitative estimate of drug-likeness (QED) is 0.185. The van der Waals surface area contributed by atoms with Crippen LogP contribution in [0.25, 0.3) is 0 Å². The fourth-order valence-electron chi connectivity index (χ4n) is 4.22. The van der Waals surface area contributed by atoms with Crippen LogP contribution in [0.15, 0.2) is 102 Å². The molecule has 1 N–H and O–H groups in total. The number of hydrogen-bond acceptors (Lipinski definition) is 4. The van der Waals surface area contributed by atoms with E-state index in [1.807, 2.05) is 90.7 Å². The first-order valence-electron chi connectivity index (χ1n) is 12.2. The van der Waals surface area contributed by atoms with Crippen molar-refractivity contribution in [2.75, 3.05) is 12.4 Å². The molecule has 0 aliphatic rings. The van der Waals surface area contributed by atoms with E-state index in [4.69, 9.17) is 33.0 Å². The van der Waals surface area contributed by atoms with E-state index in [0.717, 1.165) is 27.1 Å². The molecule has 0 fully saturated rings. The maximum absolute atomic E-state index is 14.0. The number of hydrogen-bond donors (Lipinski definition) is 1. The maximum Gasteiger partial charge on any atom is 0.341 e. The molecule has 1 amide bonds. The van der Waals surface area contributed by atoms with Gasteiger partial charge in [-0.2, -0.15) is 0 Å². The molecule has 0 atom stereocenters. The largest absolute Gasteiger partial charge is 0.482 e. The first kappa shape index (κ1) is 28.6. The molecule has 4 rings (SSSR count). The average Bonchev–Trinajstić information content (AvgIpc) is 2.93. The number of carboxylic acid groups (broad SMARTS) is 1. The summed E-state index contributed by atoms with van der Waals surface area (Å²) in [4.78, 5) is 27.5. The maximum atomic E-state index is 14.0. The molecule has 0 bridgehead atoms. The molecule has 0 aromatic heterocycles. The van der Waals surface area contributed by atoms with E-state index >= 15 is 0 Å². The zero-order valence-electron chi connectivity index (χ0n) is 21.2. The number of ether oxygens (including phenoxy) is 1. The van der Waals surface area contributed by atoms with Gasteiger partial charge in [-0.1, -0.05) is 89.9 Å². The van der Waals surface area contributed by atoms with E-state index < -0.39 is 12.6 Å². The Balaban J connectivity index is 1.64. The van der Waals surface area contributed by atoms with Crippen LogP contribution < -0.4 is 4.74 Å². The average molecular weight is 581 g/mol. The Morgan fingerprint density at radius 1 is 0.897 bits per heavy atom. The molecule has 0 heterocycles. The summed E-state index contributed by atoms with van der Waals surface area (Å²) >= 11 is 14.1. The third kappa shape index (κ3) is 7.79. The Morgan fingerprint density at radius 3 is 2.10 bits per heavy atom. The van der Waals surface area contributed by atoms with Crippen molar-refractivity contribution in [1.82, 2.24) is 4.90 Å². The van der Waals surface area contributed by atoms with Crippen LogP contribution >= 0.6 is 35.0 Å². The van der Waals surface area contributed by atoms with Crippen molar-refractivity contribution in [1.29, 1.82) is 0 Å². The number of benzene rings is 4. The van der Waals surface area contributed by atoms with Crippen LogP contribution in [0.1, 0.15) is 28.3 Å². The first-order chi connectivity index (χ1) is 18.8. The zero-order valence-corrected chi connectivity index (χ0v) is 23.5. The number of carboxylic acids is 1. The van der Waals surface area contributed by atoms with E-state index in [9.17, 15) is 9.59 Å². The van der Waals surface area contributed by atoms with Gasteiger partial charge in [0.05, 0.1) is 11.8 Å². The van der Waals surface area contributed by atoms with E-state index in [1.54, 1.807) is 18.2 Å². The number of aliphatic carboxylic acids is 1. The van der Waals surface area contributed by atoms with E-state index in [0.29, 0.717) is 22.3 Å².